The number of hydrogen-bond donors (Lipinski definition) is 1. The van der Waals surface area contributed by atoms with Crippen LogP contribution in [0.2, 0.25) is 0 Å². The van der Waals surface area contributed by atoms with E-state index in [0.29, 0.717) is 5.88 Å². The van der Waals surface area contributed by atoms with Gasteiger partial charge in [-0.3, -0.25) is 0 Å². The number of pyridine rings is 1. The fourth-order valence-corrected chi connectivity index (χ4v) is 2.56. The second-order valence-electron chi connectivity index (χ2n) is 5.75. The minimum atomic E-state index is -1.28. The van der Waals surface area contributed by atoms with Gasteiger partial charge in [0.2, 0.25) is 5.88 Å². The lowest BCUT2D eigenvalue weighted by Gasteiger charge is -2.23. The summed E-state index contributed by atoms with van der Waals surface area (Å²) in [5.74, 6) is 0.454. The lowest BCUT2D eigenvalue weighted by Crippen LogP contribution is -2.43. The average Bonchev–Trinajstić information content (AvgIpc) is 2.37. The molecule has 0 saturated carbocycles. The van der Waals surface area contributed by atoms with Gasteiger partial charge < -0.3 is 4.74 Å². The lowest BCUT2D eigenvalue weighted by molar-refractivity contribution is 0.206. The van der Waals surface area contributed by atoms with Gasteiger partial charge in [0.15, 0.2) is 0 Å². The van der Waals surface area contributed by atoms with E-state index in [1.165, 1.54) is 0 Å². The van der Waals surface area contributed by atoms with Crippen molar-refractivity contribution < 1.29 is 13.3 Å². The maximum absolute atomic E-state index is 14.0. The summed E-state index contributed by atoms with van der Waals surface area (Å²) >= 11 is 3.31. The van der Waals surface area contributed by atoms with Crippen molar-refractivity contribution in [2.24, 2.45) is 0 Å². The molecule has 0 aliphatic carbocycles. The molecule has 4 nitrogen and oxygen atoms in total. The summed E-state index contributed by atoms with van der Waals surface area (Å²) < 4.78 is 34.6. The fraction of sp³-hybridized carbons (Fsp3) is 0.643. The van der Waals surface area contributed by atoms with E-state index in [4.69, 9.17) is 4.74 Å². The molecule has 1 heterocycles. The summed E-state index contributed by atoms with van der Waals surface area (Å²) in [5.41, 5.74) is 0. The molecule has 1 aromatic heterocycles. The third-order valence-electron chi connectivity index (χ3n) is 2.73. The van der Waals surface area contributed by atoms with Crippen LogP contribution in [0, 0.1) is 0 Å². The Balaban J connectivity index is 2.36. The summed E-state index contributed by atoms with van der Waals surface area (Å²) in [7, 11) is -1.28. The Hall–Kier alpha value is -0.530. The van der Waals surface area contributed by atoms with Crippen molar-refractivity contribution in [2.45, 2.75) is 51.1 Å². The Kier molecular flexibility index (Phi) is 7.23. The Bertz CT molecular complexity index is 482. The third kappa shape index (κ3) is 6.84. The lowest BCUT2D eigenvalue weighted by atomic mass is 10.2. The number of hydrogen-bond acceptors (Lipinski definition) is 3. The number of alkyl halides is 1. The first-order valence-corrected chi connectivity index (χ1v) is 8.71. The zero-order valence-corrected chi connectivity index (χ0v) is 15.1. The van der Waals surface area contributed by atoms with Gasteiger partial charge >= 0.3 is 0 Å². The van der Waals surface area contributed by atoms with E-state index in [0.717, 1.165) is 4.47 Å². The number of halogens is 2. The highest BCUT2D eigenvalue weighted by Gasteiger charge is 2.25. The van der Waals surface area contributed by atoms with Crippen molar-refractivity contribution >= 4 is 26.9 Å². The Morgan fingerprint density at radius 3 is 2.76 bits per heavy atom. The van der Waals surface area contributed by atoms with E-state index in [-0.39, 0.29) is 13.0 Å². The zero-order chi connectivity index (χ0) is 16.0. The van der Waals surface area contributed by atoms with Gasteiger partial charge in [0.1, 0.15) is 6.17 Å². The van der Waals surface area contributed by atoms with Crippen LogP contribution in [0.4, 0.5) is 4.39 Å². The molecule has 0 saturated heterocycles. The average molecular weight is 381 g/mol. The molecule has 1 unspecified atom stereocenters. The van der Waals surface area contributed by atoms with Crippen LogP contribution in [0.15, 0.2) is 22.8 Å². The van der Waals surface area contributed by atoms with Crippen molar-refractivity contribution in [3.8, 4) is 5.88 Å². The number of nitrogens with one attached hydrogen (secondary N) is 1. The molecule has 21 heavy (non-hydrogen) atoms. The molecular weight excluding hydrogens is 359 g/mol. The first kappa shape index (κ1) is 18.5. The molecule has 0 aliphatic rings. The number of rotatable bonds is 7. The number of ether oxygens (including phenoxy) is 1. The second kappa shape index (κ2) is 8.19. The molecule has 1 N–H and O–H groups in total. The molecule has 0 spiro atoms. The molecule has 0 aliphatic heterocycles. The van der Waals surface area contributed by atoms with Crippen molar-refractivity contribution in [2.75, 3.05) is 6.61 Å². The molecule has 1 aromatic rings. The van der Waals surface area contributed by atoms with Crippen LogP contribution in [0.25, 0.3) is 0 Å². The van der Waals surface area contributed by atoms with Crippen molar-refractivity contribution in [1.82, 2.24) is 9.71 Å². The number of aromatic nitrogens is 1. The number of nitrogens with zero attached hydrogens (tertiary/aromatic N) is 1. The van der Waals surface area contributed by atoms with Gasteiger partial charge in [-0.2, -0.15) is 0 Å². The molecule has 0 bridgehead atoms. The van der Waals surface area contributed by atoms with E-state index in [1.807, 2.05) is 20.8 Å². The van der Waals surface area contributed by atoms with Crippen LogP contribution >= 0.6 is 15.9 Å². The van der Waals surface area contributed by atoms with Crippen molar-refractivity contribution in [1.29, 1.82) is 0 Å². The van der Waals surface area contributed by atoms with Gasteiger partial charge in [0.05, 0.1) is 22.3 Å². The summed E-state index contributed by atoms with van der Waals surface area (Å²) in [6.07, 6.45) is 0.690. The third-order valence-corrected chi connectivity index (χ3v) is 4.92. The van der Waals surface area contributed by atoms with Gasteiger partial charge in [0.25, 0.3) is 0 Å². The van der Waals surface area contributed by atoms with E-state index in [9.17, 15) is 8.60 Å². The Morgan fingerprint density at radius 2 is 2.19 bits per heavy atom. The normalized spacial score (nSPS) is 16.3. The van der Waals surface area contributed by atoms with E-state index < -0.39 is 27.9 Å². The maximum Gasteiger partial charge on any atom is 0.214 e. The van der Waals surface area contributed by atoms with Gasteiger partial charge in [-0.15, -0.1) is 0 Å². The Labute approximate surface area is 136 Å². The van der Waals surface area contributed by atoms with Crippen LogP contribution in [-0.4, -0.2) is 32.8 Å². The topological polar surface area (TPSA) is 51.2 Å². The molecule has 120 valence electrons. The predicted octanol–water partition coefficient (Wildman–Crippen LogP) is 3.39. The molecule has 7 heteroatoms. The standard InChI is InChI=1S/C14H22BrFN2O2S/c1-10(18-21(19)14(2,3)4)12(16)6-8-20-13-9-11(15)5-7-17-13/h5,7,9-10,12,18H,6,8H2,1-4H3/t10-,12?,21+/m0/s1. The molecule has 0 amide bonds. The van der Waals surface area contributed by atoms with Crippen LogP contribution < -0.4 is 9.46 Å². The zero-order valence-electron chi connectivity index (χ0n) is 12.7. The highest BCUT2D eigenvalue weighted by molar-refractivity contribution is 9.10. The highest BCUT2D eigenvalue weighted by Crippen LogP contribution is 2.16. The minimum Gasteiger partial charge on any atom is -0.478 e. The first-order valence-electron chi connectivity index (χ1n) is 6.76. The minimum absolute atomic E-state index is 0.212. The van der Waals surface area contributed by atoms with Crippen LogP contribution in [0.1, 0.15) is 34.1 Å². The molecular formula is C14H22BrFN2O2S. The van der Waals surface area contributed by atoms with E-state index >= 15 is 0 Å². The molecule has 3 atom stereocenters. The maximum atomic E-state index is 14.0. The van der Waals surface area contributed by atoms with Crippen LogP contribution in [0.5, 0.6) is 5.88 Å². The Morgan fingerprint density at radius 1 is 1.52 bits per heavy atom. The fourth-order valence-electron chi connectivity index (χ4n) is 1.41. The SMILES string of the molecule is C[C@H](N[S@](=O)C(C)(C)C)C(F)CCOc1cc(Br)ccn1. The summed E-state index contributed by atoms with van der Waals surface area (Å²) in [4.78, 5) is 4.02. The van der Waals surface area contributed by atoms with E-state index in [2.05, 4.69) is 25.6 Å². The smallest absolute Gasteiger partial charge is 0.214 e. The van der Waals surface area contributed by atoms with Gasteiger partial charge in [-0.1, -0.05) is 15.9 Å². The van der Waals surface area contributed by atoms with Crippen LogP contribution in [-0.2, 0) is 11.0 Å². The summed E-state index contributed by atoms with van der Waals surface area (Å²) in [6.45, 7) is 7.44. The monoisotopic (exact) mass is 380 g/mol. The molecule has 1 rings (SSSR count). The predicted molar refractivity (Wildman–Crippen MR) is 87.4 cm³/mol. The second-order valence-corrected chi connectivity index (χ2v) is 8.67. The van der Waals surface area contributed by atoms with Crippen LogP contribution in [0.3, 0.4) is 0 Å². The molecule has 0 fully saturated rings. The molecule has 0 radical (unpaired) electrons. The van der Waals surface area contributed by atoms with Crippen molar-refractivity contribution in [3.05, 3.63) is 22.8 Å². The molecule has 0 aromatic carbocycles. The first-order chi connectivity index (χ1) is 9.70. The van der Waals surface area contributed by atoms with Crippen molar-refractivity contribution in [3.63, 3.8) is 0 Å². The summed E-state index contributed by atoms with van der Waals surface area (Å²) in [6, 6.07) is 3.02. The van der Waals surface area contributed by atoms with Gasteiger partial charge in [0, 0.05) is 29.2 Å². The highest BCUT2D eigenvalue weighted by atomic mass is 79.9. The largest absolute Gasteiger partial charge is 0.478 e. The quantitative estimate of drug-likeness (QED) is 0.788. The van der Waals surface area contributed by atoms with E-state index in [1.54, 1.807) is 25.3 Å². The van der Waals surface area contributed by atoms with Gasteiger partial charge in [-0.05, 0) is 33.8 Å². The van der Waals surface area contributed by atoms with Gasteiger partial charge in [-0.25, -0.2) is 18.3 Å². The summed E-state index contributed by atoms with van der Waals surface area (Å²) in [5, 5.41) is 0.